The van der Waals surface area contributed by atoms with Crippen molar-refractivity contribution >= 4 is 5.82 Å². The number of nitrogens with zero attached hydrogens (tertiary/aromatic N) is 3. The highest BCUT2D eigenvalue weighted by Crippen LogP contribution is 2.23. The average Bonchev–Trinajstić information content (AvgIpc) is 2.54. The number of nitrogens with two attached hydrogens (primary N) is 1. The van der Waals surface area contributed by atoms with Gasteiger partial charge in [-0.2, -0.15) is 0 Å². The topological polar surface area (TPSA) is 45.4 Å². The summed E-state index contributed by atoms with van der Waals surface area (Å²) < 4.78 is 0. The van der Waals surface area contributed by atoms with Crippen molar-refractivity contribution in [3.8, 4) is 0 Å². The zero-order valence-electron chi connectivity index (χ0n) is 10.8. The van der Waals surface area contributed by atoms with E-state index in [0.717, 1.165) is 37.6 Å². The molecule has 0 spiro atoms. The van der Waals surface area contributed by atoms with Gasteiger partial charge in [0, 0.05) is 37.4 Å². The number of hydrogen-bond acceptors (Lipinski definition) is 4. The van der Waals surface area contributed by atoms with E-state index in [1.54, 1.807) is 0 Å². The van der Waals surface area contributed by atoms with Crippen molar-refractivity contribution in [2.45, 2.75) is 19.4 Å². The van der Waals surface area contributed by atoms with Gasteiger partial charge in [0.2, 0.25) is 0 Å². The molecule has 1 atom stereocenters. The standard InChI is InChI=1S/C13H22N4/c1-11(14)12-5-3-6-15-13(12)17-8-4-7-16(2)9-10-17/h3,5-6,11H,4,7-10,14H2,1-2H3/t11-/m1/s1. The van der Waals surface area contributed by atoms with Crippen molar-refractivity contribution in [2.75, 3.05) is 38.1 Å². The number of hydrogen-bond donors (Lipinski definition) is 1. The lowest BCUT2D eigenvalue weighted by molar-refractivity contribution is 0.360. The number of likely N-dealkylation sites (N-methyl/N-ethyl adjacent to an activating group) is 1. The van der Waals surface area contributed by atoms with Gasteiger partial charge in [0.05, 0.1) is 0 Å². The van der Waals surface area contributed by atoms with Gasteiger partial charge < -0.3 is 15.5 Å². The SMILES string of the molecule is C[C@@H](N)c1cccnc1N1CCCN(C)CC1. The molecule has 1 aromatic rings. The average molecular weight is 234 g/mol. The van der Waals surface area contributed by atoms with Crippen molar-refractivity contribution in [2.24, 2.45) is 5.73 Å². The second-order valence-corrected chi connectivity index (χ2v) is 4.85. The van der Waals surface area contributed by atoms with E-state index in [1.165, 1.54) is 6.42 Å². The minimum Gasteiger partial charge on any atom is -0.355 e. The first-order valence-corrected chi connectivity index (χ1v) is 6.32. The summed E-state index contributed by atoms with van der Waals surface area (Å²) in [6.45, 7) is 6.38. The molecule has 0 bridgehead atoms. The van der Waals surface area contributed by atoms with Crippen LogP contribution < -0.4 is 10.6 Å². The predicted molar refractivity (Wildman–Crippen MR) is 71.2 cm³/mol. The van der Waals surface area contributed by atoms with Gasteiger partial charge in [0.15, 0.2) is 0 Å². The van der Waals surface area contributed by atoms with Crippen molar-refractivity contribution in [3.05, 3.63) is 23.9 Å². The van der Waals surface area contributed by atoms with Crippen LogP contribution in [-0.4, -0.2) is 43.1 Å². The largest absolute Gasteiger partial charge is 0.355 e. The van der Waals surface area contributed by atoms with Crippen LogP contribution in [0.3, 0.4) is 0 Å². The Balaban J connectivity index is 2.21. The maximum absolute atomic E-state index is 6.01. The van der Waals surface area contributed by atoms with Gasteiger partial charge >= 0.3 is 0 Å². The van der Waals surface area contributed by atoms with Crippen LogP contribution in [0.1, 0.15) is 24.9 Å². The molecular weight excluding hydrogens is 212 g/mol. The van der Waals surface area contributed by atoms with E-state index < -0.39 is 0 Å². The molecule has 0 aromatic carbocycles. The lowest BCUT2D eigenvalue weighted by Gasteiger charge is -2.25. The van der Waals surface area contributed by atoms with Crippen molar-refractivity contribution in [3.63, 3.8) is 0 Å². The Morgan fingerprint density at radius 1 is 1.29 bits per heavy atom. The first-order chi connectivity index (χ1) is 8.18. The second-order valence-electron chi connectivity index (χ2n) is 4.85. The highest BCUT2D eigenvalue weighted by molar-refractivity contribution is 5.48. The summed E-state index contributed by atoms with van der Waals surface area (Å²) in [6, 6.07) is 4.09. The van der Waals surface area contributed by atoms with Crippen molar-refractivity contribution in [1.29, 1.82) is 0 Å². The third-order valence-corrected chi connectivity index (χ3v) is 3.33. The summed E-state index contributed by atoms with van der Waals surface area (Å²) in [4.78, 5) is 9.25. The lowest BCUT2D eigenvalue weighted by Crippen LogP contribution is -2.30. The van der Waals surface area contributed by atoms with Crippen molar-refractivity contribution in [1.82, 2.24) is 9.88 Å². The summed E-state index contributed by atoms with van der Waals surface area (Å²) in [6.07, 6.45) is 3.04. The molecule has 4 nitrogen and oxygen atoms in total. The molecule has 17 heavy (non-hydrogen) atoms. The molecule has 0 unspecified atom stereocenters. The number of aromatic nitrogens is 1. The summed E-state index contributed by atoms with van der Waals surface area (Å²) in [5.41, 5.74) is 7.16. The first kappa shape index (κ1) is 12.3. The van der Waals surface area contributed by atoms with Gasteiger partial charge in [0.1, 0.15) is 5.82 Å². The Kier molecular flexibility index (Phi) is 3.97. The molecular formula is C13H22N4. The molecule has 0 radical (unpaired) electrons. The highest BCUT2D eigenvalue weighted by atomic mass is 15.2. The minimum absolute atomic E-state index is 0.0414. The number of pyridine rings is 1. The fraction of sp³-hybridized carbons (Fsp3) is 0.615. The molecule has 0 aliphatic carbocycles. The molecule has 1 aliphatic rings. The molecule has 1 aliphatic heterocycles. The fourth-order valence-corrected chi connectivity index (χ4v) is 2.29. The van der Waals surface area contributed by atoms with Gasteiger partial charge in [-0.3, -0.25) is 0 Å². The zero-order chi connectivity index (χ0) is 12.3. The smallest absolute Gasteiger partial charge is 0.133 e. The fourth-order valence-electron chi connectivity index (χ4n) is 2.29. The first-order valence-electron chi connectivity index (χ1n) is 6.32. The summed E-state index contributed by atoms with van der Waals surface area (Å²) >= 11 is 0. The van der Waals surface area contributed by atoms with E-state index in [1.807, 2.05) is 19.2 Å². The van der Waals surface area contributed by atoms with E-state index in [0.29, 0.717) is 0 Å². The minimum atomic E-state index is 0.0414. The maximum atomic E-state index is 6.01. The summed E-state index contributed by atoms with van der Waals surface area (Å²) in [5, 5.41) is 0. The molecule has 94 valence electrons. The molecule has 0 amide bonds. The predicted octanol–water partition coefficient (Wildman–Crippen LogP) is 1.24. The van der Waals surface area contributed by atoms with E-state index >= 15 is 0 Å². The Labute approximate surface area is 103 Å². The van der Waals surface area contributed by atoms with Crippen LogP contribution in [0.5, 0.6) is 0 Å². The second kappa shape index (κ2) is 5.47. The van der Waals surface area contributed by atoms with Crippen LogP contribution in [0.2, 0.25) is 0 Å². The van der Waals surface area contributed by atoms with Gasteiger partial charge in [-0.25, -0.2) is 4.98 Å². The van der Waals surface area contributed by atoms with Crippen LogP contribution >= 0.6 is 0 Å². The third kappa shape index (κ3) is 2.96. The molecule has 1 aromatic heterocycles. The van der Waals surface area contributed by atoms with E-state index in [9.17, 15) is 0 Å². The van der Waals surface area contributed by atoms with E-state index in [4.69, 9.17) is 5.73 Å². The van der Waals surface area contributed by atoms with Crippen LogP contribution in [-0.2, 0) is 0 Å². The molecule has 1 saturated heterocycles. The summed E-state index contributed by atoms with van der Waals surface area (Å²) in [5.74, 6) is 1.07. The van der Waals surface area contributed by atoms with Crippen molar-refractivity contribution < 1.29 is 0 Å². The Hall–Kier alpha value is -1.13. The zero-order valence-corrected chi connectivity index (χ0v) is 10.8. The quantitative estimate of drug-likeness (QED) is 0.836. The van der Waals surface area contributed by atoms with Gasteiger partial charge in [-0.05, 0) is 33.0 Å². The molecule has 4 heteroatoms. The van der Waals surface area contributed by atoms with Crippen LogP contribution in [0.4, 0.5) is 5.82 Å². The van der Waals surface area contributed by atoms with E-state index in [2.05, 4.69) is 27.9 Å². The van der Waals surface area contributed by atoms with Crippen LogP contribution in [0.15, 0.2) is 18.3 Å². The van der Waals surface area contributed by atoms with E-state index in [-0.39, 0.29) is 6.04 Å². The highest BCUT2D eigenvalue weighted by Gasteiger charge is 2.17. The number of anilines is 1. The Bertz CT molecular complexity index is 364. The van der Waals surface area contributed by atoms with Gasteiger partial charge in [-0.1, -0.05) is 6.07 Å². The monoisotopic (exact) mass is 234 g/mol. The molecule has 0 saturated carbocycles. The van der Waals surface area contributed by atoms with Crippen LogP contribution in [0.25, 0.3) is 0 Å². The number of rotatable bonds is 2. The maximum Gasteiger partial charge on any atom is 0.133 e. The summed E-state index contributed by atoms with van der Waals surface area (Å²) in [7, 11) is 2.17. The molecule has 2 N–H and O–H groups in total. The molecule has 2 heterocycles. The lowest BCUT2D eigenvalue weighted by atomic mass is 10.1. The van der Waals surface area contributed by atoms with Gasteiger partial charge in [0.25, 0.3) is 0 Å². The molecule has 1 fully saturated rings. The molecule has 2 rings (SSSR count). The normalized spacial score (nSPS) is 20.1. The third-order valence-electron chi connectivity index (χ3n) is 3.33. The van der Waals surface area contributed by atoms with Gasteiger partial charge in [-0.15, -0.1) is 0 Å². The Morgan fingerprint density at radius 2 is 2.12 bits per heavy atom. The van der Waals surface area contributed by atoms with Crippen LogP contribution in [0, 0.1) is 0 Å². The Morgan fingerprint density at radius 3 is 2.88 bits per heavy atom.